The Kier molecular flexibility index (Phi) is 4.28. The van der Waals surface area contributed by atoms with Gasteiger partial charge in [-0.25, -0.2) is 0 Å². The predicted molar refractivity (Wildman–Crippen MR) is 75.3 cm³/mol. The van der Waals surface area contributed by atoms with Crippen LogP contribution in [0.15, 0.2) is 48.6 Å². The molecule has 0 aromatic rings. The van der Waals surface area contributed by atoms with Crippen LogP contribution in [-0.2, 0) is 0 Å². The van der Waals surface area contributed by atoms with Crippen molar-refractivity contribution < 1.29 is 10.2 Å². The van der Waals surface area contributed by atoms with E-state index in [1.807, 2.05) is 24.2 Å². The quantitative estimate of drug-likeness (QED) is 0.557. The van der Waals surface area contributed by atoms with E-state index in [-0.39, 0.29) is 11.5 Å². The maximum absolute atomic E-state index is 9.35. The smallest absolute Gasteiger partial charge is 0.276 e. The molecule has 1 rings (SSSR count). The normalized spacial score (nSPS) is 26.2. The first-order valence-corrected chi connectivity index (χ1v) is 6.22. The Bertz CT molecular complexity index is 405. The van der Waals surface area contributed by atoms with E-state index in [0.29, 0.717) is 0 Å². The Morgan fingerprint density at radius 2 is 2.11 bits per heavy atom. The molecule has 1 fully saturated rings. The fourth-order valence-electron chi connectivity index (χ4n) is 2.65. The number of hydrogen-bond acceptors (Lipinski definition) is 3. The van der Waals surface area contributed by atoms with Crippen molar-refractivity contribution in [3.63, 3.8) is 0 Å². The van der Waals surface area contributed by atoms with Gasteiger partial charge in [-0.3, -0.25) is 0 Å². The summed E-state index contributed by atoms with van der Waals surface area (Å²) in [5, 5.41) is 18.7. The standard InChI is InChI=1S/C15H23NO2/c1-6-9-15(4)12(14(17)18)13(15)16(5)10-8-11(3)7-2/h7-8,10,13,17-18H,2-3,6,9H2,1,4-5H3/b10-8-. The Balaban J connectivity index is 2.84. The van der Waals surface area contributed by atoms with Crippen molar-refractivity contribution in [2.45, 2.75) is 32.7 Å². The van der Waals surface area contributed by atoms with E-state index in [9.17, 15) is 10.2 Å². The van der Waals surface area contributed by atoms with Crippen LogP contribution in [0.3, 0.4) is 0 Å². The molecular formula is C15H23NO2. The van der Waals surface area contributed by atoms with E-state index in [1.165, 1.54) is 0 Å². The van der Waals surface area contributed by atoms with Crippen molar-refractivity contribution in [1.29, 1.82) is 0 Å². The molecule has 0 spiro atoms. The maximum atomic E-state index is 9.35. The lowest BCUT2D eigenvalue weighted by atomic mass is 10.0. The molecule has 1 saturated carbocycles. The van der Waals surface area contributed by atoms with E-state index in [4.69, 9.17) is 0 Å². The Hall–Kier alpha value is -1.64. The van der Waals surface area contributed by atoms with Crippen LogP contribution in [0.25, 0.3) is 0 Å². The molecule has 2 unspecified atom stereocenters. The van der Waals surface area contributed by atoms with Crippen LogP contribution in [0.5, 0.6) is 0 Å². The first-order valence-electron chi connectivity index (χ1n) is 6.22. The summed E-state index contributed by atoms with van der Waals surface area (Å²) in [4.78, 5) is 1.99. The number of likely N-dealkylation sites (N-methyl/N-ethyl adjacent to an activating group) is 1. The SMILES string of the molecule is C=CC(=C)/C=C\N(C)C1C(=C(O)O)C1(C)CCC. The van der Waals surface area contributed by atoms with Crippen molar-refractivity contribution in [3.8, 4) is 0 Å². The van der Waals surface area contributed by atoms with E-state index in [2.05, 4.69) is 27.0 Å². The van der Waals surface area contributed by atoms with Gasteiger partial charge in [-0.1, -0.05) is 39.5 Å². The zero-order valence-corrected chi connectivity index (χ0v) is 11.5. The van der Waals surface area contributed by atoms with Crippen molar-refractivity contribution >= 4 is 0 Å². The molecule has 3 heteroatoms. The third-order valence-electron chi connectivity index (χ3n) is 3.61. The van der Waals surface area contributed by atoms with Gasteiger partial charge in [0.05, 0.1) is 6.04 Å². The lowest BCUT2D eigenvalue weighted by Gasteiger charge is -2.17. The van der Waals surface area contributed by atoms with Crippen LogP contribution >= 0.6 is 0 Å². The third-order valence-corrected chi connectivity index (χ3v) is 3.61. The Morgan fingerprint density at radius 3 is 2.56 bits per heavy atom. The lowest BCUT2D eigenvalue weighted by Crippen LogP contribution is -2.19. The molecule has 1 aliphatic carbocycles. The second kappa shape index (κ2) is 5.34. The summed E-state index contributed by atoms with van der Waals surface area (Å²) >= 11 is 0. The molecule has 1 aliphatic rings. The second-order valence-electron chi connectivity index (χ2n) is 5.07. The number of hydrogen-bond donors (Lipinski definition) is 2. The highest BCUT2D eigenvalue weighted by atomic mass is 16.5. The first kappa shape index (κ1) is 14.4. The molecule has 0 aromatic carbocycles. The molecule has 2 N–H and O–H groups in total. The van der Waals surface area contributed by atoms with E-state index in [0.717, 1.165) is 24.0 Å². The van der Waals surface area contributed by atoms with E-state index >= 15 is 0 Å². The maximum Gasteiger partial charge on any atom is 0.276 e. The van der Waals surface area contributed by atoms with E-state index < -0.39 is 5.95 Å². The third kappa shape index (κ3) is 2.61. The molecule has 0 radical (unpaired) electrons. The number of allylic oxidation sites excluding steroid dienone is 3. The largest absolute Gasteiger partial charge is 0.481 e. The van der Waals surface area contributed by atoms with Gasteiger partial charge in [-0.2, -0.15) is 0 Å². The van der Waals surface area contributed by atoms with Crippen molar-refractivity contribution in [2.75, 3.05) is 7.05 Å². The van der Waals surface area contributed by atoms with Crippen molar-refractivity contribution in [2.24, 2.45) is 5.41 Å². The monoisotopic (exact) mass is 249 g/mol. The van der Waals surface area contributed by atoms with Gasteiger partial charge >= 0.3 is 0 Å². The molecule has 0 aromatic heterocycles. The summed E-state index contributed by atoms with van der Waals surface area (Å²) in [6, 6.07) is 0.0521. The van der Waals surface area contributed by atoms with Gasteiger partial charge in [0.25, 0.3) is 5.95 Å². The average Bonchev–Trinajstić information content (AvgIpc) is 2.92. The minimum absolute atomic E-state index is 0.0521. The second-order valence-corrected chi connectivity index (χ2v) is 5.07. The fraction of sp³-hybridized carbons (Fsp3) is 0.467. The summed E-state index contributed by atoms with van der Waals surface area (Å²) in [6.07, 6.45) is 7.41. The predicted octanol–water partition coefficient (Wildman–Crippen LogP) is 3.69. The first-order chi connectivity index (χ1) is 8.38. The van der Waals surface area contributed by atoms with Gasteiger partial charge in [0.15, 0.2) is 0 Å². The summed E-state index contributed by atoms with van der Waals surface area (Å²) in [7, 11) is 1.93. The number of aliphatic hydroxyl groups excluding tert-OH is 1. The summed E-state index contributed by atoms with van der Waals surface area (Å²) in [5.41, 5.74) is 1.42. The molecule has 3 nitrogen and oxygen atoms in total. The van der Waals surface area contributed by atoms with E-state index in [1.54, 1.807) is 6.08 Å². The molecule has 0 amide bonds. The van der Waals surface area contributed by atoms with Gasteiger partial charge < -0.3 is 15.1 Å². The van der Waals surface area contributed by atoms with Crippen LogP contribution in [0.2, 0.25) is 0 Å². The Morgan fingerprint density at radius 1 is 1.50 bits per heavy atom. The minimum Gasteiger partial charge on any atom is -0.481 e. The van der Waals surface area contributed by atoms with Gasteiger partial charge in [-0.15, -0.1) is 0 Å². The topological polar surface area (TPSA) is 43.7 Å². The number of rotatable bonds is 6. The van der Waals surface area contributed by atoms with Crippen molar-refractivity contribution in [1.82, 2.24) is 4.90 Å². The minimum atomic E-state index is -0.529. The highest BCUT2D eigenvalue weighted by Gasteiger charge is 2.60. The molecule has 18 heavy (non-hydrogen) atoms. The molecular weight excluding hydrogens is 226 g/mol. The van der Waals surface area contributed by atoms with Crippen LogP contribution in [0, 0.1) is 5.41 Å². The zero-order chi connectivity index (χ0) is 13.9. The van der Waals surface area contributed by atoms with Gasteiger partial charge in [0.1, 0.15) is 0 Å². The molecule has 0 aliphatic heterocycles. The molecule has 0 bridgehead atoms. The summed E-state index contributed by atoms with van der Waals surface area (Å²) in [5.74, 6) is -0.529. The lowest BCUT2D eigenvalue weighted by molar-refractivity contribution is 0.185. The average molecular weight is 249 g/mol. The highest BCUT2D eigenvalue weighted by Crippen LogP contribution is 2.58. The Labute approximate surface area is 109 Å². The number of aliphatic hydroxyl groups is 2. The van der Waals surface area contributed by atoms with Crippen LogP contribution in [0.1, 0.15) is 26.7 Å². The van der Waals surface area contributed by atoms with Crippen molar-refractivity contribution in [3.05, 3.63) is 48.6 Å². The van der Waals surface area contributed by atoms with Gasteiger partial charge in [-0.05, 0) is 24.3 Å². The zero-order valence-electron chi connectivity index (χ0n) is 11.5. The molecule has 100 valence electrons. The fourth-order valence-corrected chi connectivity index (χ4v) is 2.65. The van der Waals surface area contributed by atoms with Gasteiger partial charge in [0, 0.05) is 18.0 Å². The molecule has 0 heterocycles. The molecule has 0 saturated heterocycles. The van der Waals surface area contributed by atoms with Crippen LogP contribution in [0.4, 0.5) is 0 Å². The summed E-state index contributed by atoms with van der Waals surface area (Å²) < 4.78 is 0. The number of nitrogens with zero attached hydrogens (tertiary/aromatic N) is 1. The van der Waals surface area contributed by atoms with Crippen LogP contribution < -0.4 is 0 Å². The molecule has 2 atom stereocenters. The highest BCUT2D eigenvalue weighted by molar-refractivity contribution is 5.43. The van der Waals surface area contributed by atoms with Gasteiger partial charge in [0.2, 0.25) is 0 Å². The van der Waals surface area contributed by atoms with Crippen LogP contribution in [-0.4, -0.2) is 28.2 Å². The summed E-state index contributed by atoms with van der Waals surface area (Å²) in [6.45, 7) is 11.6.